The SMILES string of the molecule is CN/C=C1/C=CC(Cc2cc3c(c(C)c2C)OCN([C@H]2COCC[C@@H]2O)C3=O)=CC1=N. The molecule has 31 heavy (non-hydrogen) atoms. The van der Waals surface area contributed by atoms with Gasteiger partial charge in [-0.05, 0) is 61.1 Å². The van der Waals surface area contributed by atoms with Gasteiger partial charge < -0.3 is 25.3 Å². The molecule has 1 aromatic rings. The summed E-state index contributed by atoms with van der Waals surface area (Å²) in [6, 6.07) is 1.50. The summed E-state index contributed by atoms with van der Waals surface area (Å²) in [5.41, 5.74) is 5.88. The third-order valence-corrected chi connectivity index (χ3v) is 6.29. The van der Waals surface area contributed by atoms with Gasteiger partial charge in [-0.1, -0.05) is 12.2 Å². The molecule has 1 aromatic carbocycles. The quantitative estimate of drug-likeness (QED) is 0.691. The lowest BCUT2D eigenvalue weighted by Crippen LogP contribution is -2.55. The number of aliphatic hydroxyl groups excluding tert-OH is 1. The summed E-state index contributed by atoms with van der Waals surface area (Å²) in [6.45, 7) is 4.94. The minimum Gasteiger partial charge on any atom is -0.472 e. The van der Waals surface area contributed by atoms with Crippen molar-refractivity contribution in [2.45, 2.75) is 38.8 Å². The van der Waals surface area contributed by atoms with E-state index in [0.717, 1.165) is 27.8 Å². The number of carbonyl (C=O) groups excluding carboxylic acids is 1. The van der Waals surface area contributed by atoms with Crippen molar-refractivity contribution in [1.29, 1.82) is 5.41 Å². The van der Waals surface area contributed by atoms with Crippen LogP contribution in [0.2, 0.25) is 0 Å². The molecule has 7 nitrogen and oxygen atoms in total. The van der Waals surface area contributed by atoms with Crippen molar-refractivity contribution >= 4 is 11.6 Å². The number of rotatable bonds is 4. The molecule has 3 N–H and O–H groups in total. The number of hydrogen-bond acceptors (Lipinski definition) is 6. The van der Waals surface area contributed by atoms with E-state index in [0.29, 0.717) is 43.1 Å². The molecule has 2 heterocycles. The van der Waals surface area contributed by atoms with Crippen LogP contribution in [0, 0.1) is 19.3 Å². The predicted octanol–water partition coefficient (Wildman–Crippen LogP) is 2.41. The predicted molar refractivity (Wildman–Crippen MR) is 119 cm³/mol. The van der Waals surface area contributed by atoms with E-state index in [4.69, 9.17) is 14.9 Å². The van der Waals surface area contributed by atoms with Crippen LogP contribution in [0.5, 0.6) is 5.75 Å². The number of ether oxygens (including phenoxy) is 2. The van der Waals surface area contributed by atoms with Gasteiger partial charge in [-0.2, -0.15) is 0 Å². The summed E-state index contributed by atoms with van der Waals surface area (Å²) < 4.78 is 11.5. The molecule has 0 bridgehead atoms. The number of benzene rings is 1. The highest BCUT2D eigenvalue weighted by atomic mass is 16.5. The molecule has 1 aliphatic carbocycles. The monoisotopic (exact) mass is 423 g/mol. The van der Waals surface area contributed by atoms with E-state index in [-0.39, 0.29) is 12.6 Å². The van der Waals surface area contributed by atoms with Gasteiger partial charge in [-0.3, -0.25) is 9.69 Å². The molecule has 1 saturated heterocycles. The average Bonchev–Trinajstić information content (AvgIpc) is 2.75. The fraction of sp³-hybridized carbons (Fsp3) is 0.417. The molecule has 0 unspecified atom stereocenters. The third kappa shape index (κ3) is 4.03. The molecule has 4 rings (SSSR count). The molecule has 2 atom stereocenters. The van der Waals surface area contributed by atoms with Crippen molar-refractivity contribution in [2.75, 3.05) is 27.0 Å². The lowest BCUT2D eigenvalue weighted by molar-refractivity contribution is -0.0697. The second-order valence-electron chi connectivity index (χ2n) is 8.24. The van der Waals surface area contributed by atoms with Crippen LogP contribution in [0.15, 0.2) is 41.6 Å². The molecule has 7 heteroatoms. The minimum atomic E-state index is -0.614. The highest BCUT2D eigenvalue weighted by Gasteiger charge is 2.37. The summed E-state index contributed by atoms with van der Waals surface area (Å²) in [4.78, 5) is 14.9. The van der Waals surface area contributed by atoms with Crippen LogP contribution in [0.25, 0.3) is 0 Å². The molecule has 1 fully saturated rings. The van der Waals surface area contributed by atoms with Gasteiger partial charge >= 0.3 is 0 Å². The molecule has 164 valence electrons. The first kappa shape index (κ1) is 21.3. The van der Waals surface area contributed by atoms with E-state index < -0.39 is 12.1 Å². The number of nitrogens with zero attached hydrogens (tertiary/aromatic N) is 1. The standard InChI is InChI=1S/C24H29N3O4/c1-14-15(2)23-19(24(29)27(13-31-23)21-12-30-7-6-22(21)28)10-18(14)8-16-4-5-17(11-26-3)20(25)9-16/h4-5,9-11,21-22,25-26,28H,6-8,12-13H2,1-3H3/b17-11-,25-20?/t21-,22-/m0/s1. The van der Waals surface area contributed by atoms with Crippen molar-refractivity contribution < 1.29 is 19.4 Å². The number of fused-ring (bicyclic) bond motifs is 1. The summed E-state index contributed by atoms with van der Waals surface area (Å²) >= 11 is 0. The van der Waals surface area contributed by atoms with E-state index >= 15 is 0 Å². The first-order valence-corrected chi connectivity index (χ1v) is 10.6. The Morgan fingerprint density at radius 2 is 2.13 bits per heavy atom. The van der Waals surface area contributed by atoms with Crippen LogP contribution >= 0.6 is 0 Å². The number of hydrogen-bond donors (Lipinski definition) is 3. The van der Waals surface area contributed by atoms with E-state index in [1.54, 1.807) is 11.1 Å². The minimum absolute atomic E-state index is 0.113. The van der Waals surface area contributed by atoms with Gasteiger partial charge in [0.15, 0.2) is 6.73 Å². The smallest absolute Gasteiger partial charge is 0.260 e. The maximum Gasteiger partial charge on any atom is 0.260 e. The Hall–Kier alpha value is -2.90. The van der Waals surface area contributed by atoms with Gasteiger partial charge in [0, 0.05) is 25.4 Å². The molecule has 0 spiro atoms. The van der Waals surface area contributed by atoms with Gasteiger partial charge in [0.25, 0.3) is 5.91 Å². The Morgan fingerprint density at radius 1 is 1.32 bits per heavy atom. The molecule has 0 saturated carbocycles. The summed E-state index contributed by atoms with van der Waals surface area (Å²) in [5, 5.41) is 21.6. The summed E-state index contributed by atoms with van der Waals surface area (Å²) in [7, 11) is 1.81. The second-order valence-corrected chi connectivity index (χ2v) is 8.24. The topological polar surface area (TPSA) is 94.9 Å². The average molecular weight is 424 g/mol. The zero-order valence-corrected chi connectivity index (χ0v) is 18.2. The van der Waals surface area contributed by atoms with Crippen molar-refractivity contribution in [2.24, 2.45) is 0 Å². The van der Waals surface area contributed by atoms with Crippen molar-refractivity contribution in [3.63, 3.8) is 0 Å². The Bertz CT molecular complexity index is 1010. The zero-order valence-electron chi connectivity index (χ0n) is 18.2. The zero-order chi connectivity index (χ0) is 22.1. The van der Waals surface area contributed by atoms with Crippen LogP contribution in [0.3, 0.4) is 0 Å². The maximum atomic E-state index is 13.3. The fourth-order valence-corrected chi connectivity index (χ4v) is 4.31. The number of amides is 1. The van der Waals surface area contributed by atoms with Gasteiger partial charge in [0.2, 0.25) is 0 Å². The number of allylic oxidation sites excluding steroid dienone is 5. The molecule has 0 radical (unpaired) electrons. The fourth-order valence-electron chi connectivity index (χ4n) is 4.31. The van der Waals surface area contributed by atoms with E-state index in [9.17, 15) is 9.90 Å². The maximum absolute atomic E-state index is 13.3. The Balaban J connectivity index is 1.63. The highest BCUT2D eigenvalue weighted by Crippen LogP contribution is 2.35. The van der Waals surface area contributed by atoms with Gasteiger partial charge in [0.1, 0.15) is 5.75 Å². The molecule has 2 aliphatic heterocycles. The molecular formula is C24H29N3O4. The summed E-state index contributed by atoms with van der Waals surface area (Å²) in [6.07, 6.45) is 8.11. The van der Waals surface area contributed by atoms with Crippen LogP contribution in [0.1, 0.15) is 33.5 Å². The van der Waals surface area contributed by atoms with Crippen molar-refractivity contribution in [1.82, 2.24) is 10.2 Å². The largest absolute Gasteiger partial charge is 0.472 e. The molecular weight excluding hydrogens is 394 g/mol. The van der Waals surface area contributed by atoms with Crippen LogP contribution in [-0.4, -0.2) is 60.8 Å². The highest BCUT2D eigenvalue weighted by molar-refractivity contribution is 6.10. The van der Waals surface area contributed by atoms with Gasteiger partial charge in [0.05, 0.1) is 30.0 Å². The lowest BCUT2D eigenvalue weighted by atomic mass is 9.90. The third-order valence-electron chi connectivity index (χ3n) is 6.29. The van der Waals surface area contributed by atoms with Crippen LogP contribution < -0.4 is 10.1 Å². The number of aliphatic hydroxyl groups is 1. The summed E-state index contributed by atoms with van der Waals surface area (Å²) in [5.74, 6) is 0.481. The Morgan fingerprint density at radius 3 is 2.84 bits per heavy atom. The lowest BCUT2D eigenvalue weighted by Gasteiger charge is -2.40. The van der Waals surface area contributed by atoms with E-state index in [1.807, 2.05) is 45.2 Å². The van der Waals surface area contributed by atoms with Crippen molar-refractivity contribution in [3.05, 3.63) is 63.9 Å². The van der Waals surface area contributed by atoms with E-state index in [1.165, 1.54) is 0 Å². The number of nitrogens with one attached hydrogen (secondary N) is 2. The molecule has 0 aromatic heterocycles. The van der Waals surface area contributed by atoms with Crippen LogP contribution in [0.4, 0.5) is 0 Å². The molecule has 1 amide bonds. The second kappa shape index (κ2) is 8.69. The Labute approximate surface area is 182 Å². The van der Waals surface area contributed by atoms with Crippen LogP contribution in [-0.2, 0) is 11.2 Å². The van der Waals surface area contributed by atoms with Gasteiger partial charge in [-0.25, -0.2) is 0 Å². The first-order chi connectivity index (χ1) is 14.9. The normalized spacial score (nSPS) is 24.7. The van der Waals surface area contributed by atoms with E-state index in [2.05, 4.69) is 5.32 Å². The van der Waals surface area contributed by atoms with Crippen molar-refractivity contribution in [3.8, 4) is 5.75 Å². The first-order valence-electron chi connectivity index (χ1n) is 10.6. The van der Waals surface area contributed by atoms with Gasteiger partial charge in [-0.15, -0.1) is 0 Å². The molecule has 3 aliphatic rings. The Kier molecular flexibility index (Phi) is 5.98. The number of carbonyl (C=O) groups is 1.